The molecule has 1 unspecified atom stereocenters. The average Bonchev–Trinajstić information content (AvgIpc) is 2.91. The second kappa shape index (κ2) is 7.82. The number of H-pyrrole nitrogens is 1. The molecule has 0 aliphatic heterocycles. The van der Waals surface area contributed by atoms with Crippen LogP contribution in [-0.2, 0) is 4.79 Å². The van der Waals surface area contributed by atoms with Crippen LogP contribution in [0.15, 0.2) is 30.5 Å². The number of nitrogens with two attached hydrogens (primary N) is 1. The number of aromatic amines is 1. The Hall–Kier alpha value is -1.65. The molecule has 0 radical (unpaired) electrons. The number of benzene rings is 1. The number of fused-ring (bicyclic) bond motifs is 1. The van der Waals surface area contributed by atoms with Gasteiger partial charge in [0.05, 0.1) is 6.04 Å². The van der Waals surface area contributed by atoms with Gasteiger partial charge in [0.25, 0.3) is 0 Å². The third-order valence-electron chi connectivity index (χ3n) is 3.59. The Morgan fingerprint density at radius 2 is 2.00 bits per heavy atom. The van der Waals surface area contributed by atoms with Crippen LogP contribution in [0.5, 0.6) is 0 Å². The van der Waals surface area contributed by atoms with Crippen LogP contribution in [0.1, 0.15) is 37.3 Å². The molecule has 0 aliphatic carbocycles. The molecule has 2 aromatic rings. The lowest BCUT2D eigenvalue weighted by Gasteiger charge is -2.12. The van der Waals surface area contributed by atoms with Crippen molar-refractivity contribution in [1.29, 1.82) is 0 Å². The van der Waals surface area contributed by atoms with Crippen molar-refractivity contribution in [2.75, 3.05) is 13.1 Å². The quantitative estimate of drug-likeness (QED) is 0.485. The summed E-state index contributed by atoms with van der Waals surface area (Å²) in [4.78, 5) is 14.5. The molecule has 0 fully saturated rings. The summed E-state index contributed by atoms with van der Waals surface area (Å²) in [6.07, 6.45) is 7.38. The van der Waals surface area contributed by atoms with E-state index in [2.05, 4.69) is 10.3 Å². The van der Waals surface area contributed by atoms with Crippen LogP contribution in [0.2, 0.25) is 0 Å². The number of para-hydroxylation sites is 1. The van der Waals surface area contributed by atoms with Crippen LogP contribution in [-0.4, -0.2) is 24.4 Å². The predicted octanol–water partition coefficient (Wildman–Crippen LogP) is 2.52. The number of aromatic nitrogens is 1. The van der Waals surface area contributed by atoms with Gasteiger partial charge in [-0.3, -0.25) is 0 Å². The Kier molecular flexibility index (Phi) is 5.77. The van der Waals surface area contributed by atoms with Crippen molar-refractivity contribution in [2.24, 2.45) is 5.73 Å². The minimum absolute atomic E-state index is 0.236. The molecule has 0 bridgehead atoms. The van der Waals surface area contributed by atoms with Gasteiger partial charge in [-0.25, -0.2) is 0 Å². The van der Waals surface area contributed by atoms with Crippen LogP contribution in [0.4, 0.5) is 0 Å². The maximum absolute atomic E-state index is 11.3. The smallest absolute Gasteiger partial charge is 0.141 e. The van der Waals surface area contributed by atoms with E-state index in [0.717, 1.165) is 61.5 Å². The highest BCUT2D eigenvalue weighted by molar-refractivity contribution is 5.86. The van der Waals surface area contributed by atoms with Crippen molar-refractivity contribution in [3.8, 4) is 0 Å². The summed E-state index contributed by atoms with van der Waals surface area (Å²) in [5, 5.41) is 4.43. The Balaban J connectivity index is 1.90. The second-order valence-corrected chi connectivity index (χ2v) is 5.06. The van der Waals surface area contributed by atoms with E-state index in [1.165, 1.54) is 0 Å². The average molecular weight is 273 g/mol. The summed E-state index contributed by atoms with van der Waals surface area (Å²) >= 11 is 0. The van der Waals surface area contributed by atoms with E-state index >= 15 is 0 Å². The predicted molar refractivity (Wildman–Crippen MR) is 82.6 cm³/mol. The molecule has 1 aromatic carbocycles. The number of rotatable bonds is 9. The second-order valence-electron chi connectivity index (χ2n) is 5.06. The van der Waals surface area contributed by atoms with Crippen LogP contribution in [0.3, 0.4) is 0 Å². The van der Waals surface area contributed by atoms with Crippen LogP contribution in [0.25, 0.3) is 10.9 Å². The molecule has 0 aliphatic rings. The fourth-order valence-electron chi connectivity index (χ4n) is 2.46. The molecule has 1 atom stereocenters. The van der Waals surface area contributed by atoms with Crippen molar-refractivity contribution in [2.45, 2.75) is 31.7 Å². The Morgan fingerprint density at radius 1 is 1.20 bits per heavy atom. The van der Waals surface area contributed by atoms with Crippen LogP contribution < -0.4 is 11.1 Å². The maximum Gasteiger partial charge on any atom is 0.141 e. The van der Waals surface area contributed by atoms with Gasteiger partial charge in [0, 0.05) is 22.7 Å². The first kappa shape index (κ1) is 14.8. The molecular formula is C16H23N3O. The zero-order valence-corrected chi connectivity index (χ0v) is 11.8. The first-order chi connectivity index (χ1) is 9.86. The zero-order valence-electron chi connectivity index (χ0n) is 11.8. The molecule has 1 heterocycles. The molecule has 20 heavy (non-hydrogen) atoms. The number of carbonyl (C=O) groups is 1. The largest absolute Gasteiger partial charge is 0.361 e. The number of nitrogens with one attached hydrogen (secondary N) is 2. The van der Waals surface area contributed by atoms with E-state index in [-0.39, 0.29) is 6.04 Å². The van der Waals surface area contributed by atoms with Crippen molar-refractivity contribution in [3.05, 3.63) is 36.0 Å². The first-order valence-electron chi connectivity index (χ1n) is 7.31. The summed E-state index contributed by atoms with van der Waals surface area (Å²) < 4.78 is 0. The summed E-state index contributed by atoms with van der Waals surface area (Å²) in [6, 6.07) is 7.81. The molecular weight excluding hydrogens is 250 g/mol. The lowest BCUT2D eigenvalue weighted by molar-refractivity contribution is -0.109. The summed E-state index contributed by atoms with van der Waals surface area (Å²) in [6.45, 7) is 1.62. The number of hydrogen-bond acceptors (Lipinski definition) is 3. The van der Waals surface area contributed by atoms with Crippen molar-refractivity contribution in [1.82, 2.24) is 10.3 Å². The van der Waals surface area contributed by atoms with Crippen molar-refractivity contribution in [3.63, 3.8) is 0 Å². The van der Waals surface area contributed by atoms with Crippen LogP contribution in [0, 0.1) is 0 Å². The van der Waals surface area contributed by atoms with Gasteiger partial charge in [0.1, 0.15) is 6.29 Å². The summed E-state index contributed by atoms with van der Waals surface area (Å²) in [7, 11) is 0. The molecule has 0 amide bonds. The van der Waals surface area contributed by atoms with Gasteiger partial charge in [-0.05, 0) is 32.0 Å². The SMILES string of the molecule is NCCCCCCNC(C=O)c1c[nH]c2ccccc12. The molecule has 4 nitrogen and oxygen atoms in total. The molecule has 0 saturated carbocycles. The van der Waals surface area contributed by atoms with Crippen molar-refractivity contribution < 1.29 is 4.79 Å². The molecule has 108 valence electrons. The molecule has 0 spiro atoms. The standard InChI is InChI=1S/C16H23N3O/c17-9-5-1-2-6-10-18-16(12-20)14-11-19-15-8-4-3-7-13(14)15/h3-4,7-8,11-12,16,18-19H,1-2,5-6,9-10,17H2. The van der Waals surface area contributed by atoms with Gasteiger partial charge >= 0.3 is 0 Å². The fraction of sp³-hybridized carbons (Fsp3) is 0.438. The van der Waals surface area contributed by atoms with Gasteiger partial charge in [0.15, 0.2) is 0 Å². The van der Waals surface area contributed by atoms with Gasteiger partial charge < -0.3 is 20.8 Å². The Labute approximate surface area is 119 Å². The Morgan fingerprint density at radius 3 is 2.80 bits per heavy atom. The number of aldehydes is 1. The van der Waals surface area contributed by atoms with Crippen LogP contribution >= 0.6 is 0 Å². The van der Waals surface area contributed by atoms with E-state index in [4.69, 9.17) is 5.73 Å². The van der Waals surface area contributed by atoms with E-state index in [1.54, 1.807) is 0 Å². The van der Waals surface area contributed by atoms with Gasteiger partial charge in [0.2, 0.25) is 0 Å². The van der Waals surface area contributed by atoms with Crippen molar-refractivity contribution >= 4 is 17.2 Å². The lowest BCUT2D eigenvalue weighted by Crippen LogP contribution is -2.23. The third kappa shape index (κ3) is 3.68. The Bertz CT molecular complexity index is 535. The number of hydrogen-bond donors (Lipinski definition) is 3. The highest BCUT2D eigenvalue weighted by Gasteiger charge is 2.13. The van der Waals surface area contributed by atoms with E-state index < -0.39 is 0 Å². The number of carbonyl (C=O) groups excluding carboxylic acids is 1. The third-order valence-corrected chi connectivity index (χ3v) is 3.59. The minimum atomic E-state index is -0.236. The summed E-state index contributed by atoms with van der Waals surface area (Å²) in [5.41, 5.74) is 7.56. The first-order valence-corrected chi connectivity index (χ1v) is 7.31. The minimum Gasteiger partial charge on any atom is -0.361 e. The molecule has 4 N–H and O–H groups in total. The fourth-order valence-corrected chi connectivity index (χ4v) is 2.46. The lowest BCUT2D eigenvalue weighted by atomic mass is 10.1. The maximum atomic E-state index is 11.3. The van der Waals surface area contributed by atoms with Gasteiger partial charge in [-0.15, -0.1) is 0 Å². The molecule has 1 aromatic heterocycles. The van der Waals surface area contributed by atoms with E-state index in [1.807, 2.05) is 30.5 Å². The topological polar surface area (TPSA) is 70.9 Å². The van der Waals surface area contributed by atoms with Gasteiger partial charge in [-0.2, -0.15) is 0 Å². The van der Waals surface area contributed by atoms with E-state index in [0.29, 0.717) is 0 Å². The normalized spacial score (nSPS) is 12.7. The molecule has 0 saturated heterocycles. The highest BCUT2D eigenvalue weighted by atomic mass is 16.1. The molecule has 2 rings (SSSR count). The number of unbranched alkanes of at least 4 members (excludes halogenated alkanes) is 3. The molecule has 4 heteroatoms. The highest BCUT2D eigenvalue weighted by Crippen LogP contribution is 2.22. The monoisotopic (exact) mass is 273 g/mol. The zero-order chi connectivity index (χ0) is 14.2. The summed E-state index contributed by atoms with van der Waals surface area (Å²) in [5.74, 6) is 0. The van der Waals surface area contributed by atoms with E-state index in [9.17, 15) is 4.79 Å². The van der Waals surface area contributed by atoms with Gasteiger partial charge in [-0.1, -0.05) is 31.0 Å².